The van der Waals surface area contributed by atoms with E-state index in [4.69, 9.17) is 0 Å². The summed E-state index contributed by atoms with van der Waals surface area (Å²) >= 11 is 0. The van der Waals surface area contributed by atoms with Gasteiger partial charge in [0.2, 0.25) is 0 Å². The lowest BCUT2D eigenvalue weighted by Crippen LogP contribution is -2.12. The first-order chi connectivity index (χ1) is 6.37. The smallest absolute Gasteiger partial charge is 0.0213 e. The Hall–Kier alpha value is -0.350. The lowest BCUT2D eigenvalue weighted by Gasteiger charge is -2.20. The van der Waals surface area contributed by atoms with Crippen LogP contribution in [0.4, 0.5) is 0 Å². The number of hydrogen-bond acceptors (Lipinski definition) is 0. The van der Waals surface area contributed by atoms with Gasteiger partial charge in [-0.1, -0.05) is 13.8 Å². The van der Waals surface area contributed by atoms with Crippen LogP contribution in [-0.4, -0.2) is 0 Å². The highest BCUT2D eigenvalue weighted by Gasteiger charge is 2.14. The van der Waals surface area contributed by atoms with Gasteiger partial charge in [-0.2, -0.15) is 0 Å². The molecule has 0 aliphatic carbocycles. The fraction of sp³-hybridized carbons (Fsp3) is 0.538. The molecule has 1 rings (SSSR count). The molecule has 14 heavy (non-hydrogen) atoms. The fourth-order valence-corrected chi connectivity index (χ4v) is 2.63. The molecule has 0 N–H and O–H groups in total. The SMILES string of the molecule is Cc1c(C)c(P)c(C)c(C(C)C)c1C. The van der Waals surface area contributed by atoms with E-state index in [1.807, 2.05) is 0 Å². The summed E-state index contributed by atoms with van der Waals surface area (Å²) in [7, 11) is 2.88. The first-order valence-corrected chi connectivity index (χ1v) is 5.81. The van der Waals surface area contributed by atoms with Gasteiger partial charge in [0.15, 0.2) is 0 Å². The van der Waals surface area contributed by atoms with Crippen molar-refractivity contribution in [1.82, 2.24) is 0 Å². The van der Waals surface area contributed by atoms with Gasteiger partial charge in [0.05, 0.1) is 0 Å². The Morgan fingerprint density at radius 2 is 1.29 bits per heavy atom. The van der Waals surface area contributed by atoms with E-state index in [9.17, 15) is 0 Å². The summed E-state index contributed by atoms with van der Waals surface area (Å²) in [5.74, 6) is 0.619. The molecule has 0 bridgehead atoms. The molecule has 0 heterocycles. The molecule has 1 aromatic carbocycles. The van der Waals surface area contributed by atoms with Crippen LogP contribution < -0.4 is 5.30 Å². The maximum absolute atomic E-state index is 2.88. The van der Waals surface area contributed by atoms with Crippen LogP contribution in [0.25, 0.3) is 0 Å². The van der Waals surface area contributed by atoms with Gasteiger partial charge < -0.3 is 0 Å². The minimum atomic E-state index is 0.619. The van der Waals surface area contributed by atoms with Crippen molar-refractivity contribution in [3.63, 3.8) is 0 Å². The zero-order chi connectivity index (χ0) is 11.0. The molecule has 0 amide bonds. The predicted octanol–water partition coefficient (Wildman–Crippen LogP) is 3.54. The molecule has 0 aliphatic rings. The maximum atomic E-state index is 2.88. The monoisotopic (exact) mass is 208 g/mol. The molecular weight excluding hydrogens is 187 g/mol. The van der Waals surface area contributed by atoms with E-state index < -0.39 is 0 Å². The molecule has 0 nitrogen and oxygen atoms in total. The van der Waals surface area contributed by atoms with Crippen LogP contribution in [0.5, 0.6) is 0 Å². The molecule has 1 aromatic rings. The first-order valence-electron chi connectivity index (χ1n) is 5.23. The average Bonchev–Trinajstić information content (AvgIpc) is 2.11. The lowest BCUT2D eigenvalue weighted by atomic mass is 9.88. The van der Waals surface area contributed by atoms with Crippen LogP contribution >= 0.6 is 9.24 Å². The summed E-state index contributed by atoms with van der Waals surface area (Å²) < 4.78 is 0. The maximum Gasteiger partial charge on any atom is -0.0213 e. The summed E-state index contributed by atoms with van der Waals surface area (Å²) in [4.78, 5) is 0. The second-order valence-electron chi connectivity index (χ2n) is 4.48. The van der Waals surface area contributed by atoms with Crippen LogP contribution in [0.3, 0.4) is 0 Å². The van der Waals surface area contributed by atoms with E-state index in [1.165, 1.54) is 33.1 Å². The van der Waals surface area contributed by atoms with Crippen LogP contribution in [0.2, 0.25) is 0 Å². The molecule has 0 saturated carbocycles. The van der Waals surface area contributed by atoms with Crippen LogP contribution in [-0.2, 0) is 0 Å². The largest absolute Gasteiger partial charge is 0.105 e. The van der Waals surface area contributed by atoms with Gasteiger partial charge in [0.25, 0.3) is 0 Å². The molecule has 0 aliphatic heterocycles. The van der Waals surface area contributed by atoms with E-state index in [0.717, 1.165) is 0 Å². The van der Waals surface area contributed by atoms with Crippen molar-refractivity contribution in [3.8, 4) is 0 Å². The summed E-state index contributed by atoms with van der Waals surface area (Å²) in [6.07, 6.45) is 0. The third-order valence-corrected chi connectivity index (χ3v) is 4.18. The van der Waals surface area contributed by atoms with Gasteiger partial charge in [-0.05, 0) is 66.7 Å². The molecule has 1 atom stereocenters. The second-order valence-corrected chi connectivity index (χ2v) is 5.06. The molecule has 0 fully saturated rings. The normalized spacial score (nSPS) is 11.1. The van der Waals surface area contributed by atoms with E-state index in [0.29, 0.717) is 5.92 Å². The molecule has 1 heteroatoms. The van der Waals surface area contributed by atoms with Gasteiger partial charge in [0.1, 0.15) is 0 Å². The molecule has 1 unspecified atom stereocenters. The molecule has 0 radical (unpaired) electrons. The molecule has 0 aromatic heterocycles. The van der Waals surface area contributed by atoms with Crippen molar-refractivity contribution in [2.75, 3.05) is 0 Å². The highest BCUT2D eigenvalue weighted by molar-refractivity contribution is 7.27. The van der Waals surface area contributed by atoms with Crippen LogP contribution in [0.15, 0.2) is 0 Å². The third kappa shape index (κ3) is 1.73. The predicted molar refractivity (Wildman–Crippen MR) is 68.8 cm³/mol. The topological polar surface area (TPSA) is 0 Å². The second kappa shape index (κ2) is 4.03. The van der Waals surface area contributed by atoms with Crippen molar-refractivity contribution in [1.29, 1.82) is 0 Å². The first kappa shape index (κ1) is 11.7. The van der Waals surface area contributed by atoms with Gasteiger partial charge >= 0.3 is 0 Å². The number of hydrogen-bond donors (Lipinski definition) is 0. The van der Waals surface area contributed by atoms with Crippen molar-refractivity contribution in [3.05, 3.63) is 27.8 Å². The van der Waals surface area contributed by atoms with E-state index in [1.54, 1.807) is 0 Å². The Kier molecular flexibility index (Phi) is 3.37. The minimum Gasteiger partial charge on any atom is -0.105 e. The molecule has 0 spiro atoms. The molecule has 0 saturated heterocycles. The highest BCUT2D eigenvalue weighted by atomic mass is 31.0. The summed E-state index contributed by atoms with van der Waals surface area (Å²) in [5, 5.41) is 1.39. The Labute approximate surface area is 90.3 Å². The van der Waals surface area contributed by atoms with Crippen molar-refractivity contribution >= 4 is 14.5 Å². The van der Waals surface area contributed by atoms with Gasteiger partial charge in [-0.25, -0.2) is 0 Å². The lowest BCUT2D eigenvalue weighted by molar-refractivity contribution is 0.844. The standard InChI is InChI=1S/C13H21P/c1-7(2)12-9(4)8(3)10(5)13(14)11(12)6/h7H,14H2,1-6H3. The molecule has 78 valence electrons. The zero-order valence-corrected chi connectivity index (χ0v) is 11.3. The summed E-state index contributed by atoms with van der Waals surface area (Å²) in [5.41, 5.74) is 7.32. The summed E-state index contributed by atoms with van der Waals surface area (Å²) in [6.45, 7) is 13.5. The Morgan fingerprint density at radius 3 is 1.71 bits per heavy atom. The Balaban J connectivity index is 3.60. The van der Waals surface area contributed by atoms with Gasteiger partial charge in [-0.3, -0.25) is 0 Å². The molecular formula is C13H21P. The highest BCUT2D eigenvalue weighted by Crippen LogP contribution is 2.27. The third-order valence-electron chi connectivity index (χ3n) is 3.32. The summed E-state index contributed by atoms with van der Waals surface area (Å²) in [6, 6.07) is 0. The van der Waals surface area contributed by atoms with Crippen LogP contribution in [0, 0.1) is 27.7 Å². The van der Waals surface area contributed by atoms with E-state index in [-0.39, 0.29) is 0 Å². The fourth-order valence-electron chi connectivity index (χ4n) is 2.26. The average molecular weight is 208 g/mol. The van der Waals surface area contributed by atoms with Crippen molar-refractivity contribution in [2.24, 2.45) is 0 Å². The number of benzene rings is 1. The van der Waals surface area contributed by atoms with Gasteiger partial charge in [0, 0.05) is 0 Å². The van der Waals surface area contributed by atoms with Crippen molar-refractivity contribution < 1.29 is 0 Å². The quantitative estimate of drug-likeness (QED) is 0.619. The van der Waals surface area contributed by atoms with Crippen LogP contribution in [0.1, 0.15) is 47.6 Å². The van der Waals surface area contributed by atoms with Gasteiger partial charge in [-0.15, -0.1) is 9.24 Å². The minimum absolute atomic E-state index is 0.619. The van der Waals surface area contributed by atoms with E-state index >= 15 is 0 Å². The Bertz CT molecular complexity index is 333. The Morgan fingerprint density at radius 1 is 0.786 bits per heavy atom. The van der Waals surface area contributed by atoms with Crippen molar-refractivity contribution in [2.45, 2.75) is 47.5 Å². The number of rotatable bonds is 1. The zero-order valence-electron chi connectivity index (χ0n) is 10.2. The van der Waals surface area contributed by atoms with E-state index in [2.05, 4.69) is 50.8 Å².